The summed E-state index contributed by atoms with van der Waals surface area (Å²) in [6, 6.07) is 5.97. The monoisotopic (exact) mass is 373 g/mol. The van der Waals surface area contributed by atoms with Gasteiger partial charge < -0.3 is 20.5 Å². The fraction of sp³-hybridized carbons (Fsp3) is 0.474. The lowest BCUT2D eigenvalue weighted by Crippen LogP contribution is -2.62. The number of carbonyl (C=O) groups is 3. The Labute approximate surface area is 157 Å². The van der Waals surface area contributed by atoms with Crippen LogP contribution >= 0.6 is 0 Å². The van der Waals surface area contributed by atoms with E-state index in [1.807, 2.05) is 6.07 Å². The third-order valence-corrected chi connectivity index (χ3v) is 4.21. The highest BCUT2D eigenvalue weighted by Crippen LogP contribution is 2.32. The number of alkyl carbamates (subject to hydrolysis) is 1. The van der Waals surface area contributed by atoms with Crippen LogP contribution in [0.5, 0.6) is 0 Å². The van der Waals surface area contributed by atoms with Crippen LogP contribution in [0.1, 0.15) is 44.4 Å². The zero-order chi connectivity index (χ0) is 20.4. The Bertz CT molecular complexity index is 822. The van der Waals surface area contributed by atoms with Crippen LogP contribution in [0.15, 0.2) is 18.2 Å². The fourth-order valence-electron chi connectivity index (χ4n) is 2.95. The average molecular weight is 373 g/mol. The number of benzene rings is 1. The molecule has 8 nitrogen and oxygen atoms in total. The van der Waals surface area contributed by atoms with Crippen LogP contribution < -0.4 is 10.6 Å². The molecular formula is C19H23N3O5. The Morgan fingerprint density at radius 2 is 1.89 bits per heavy atom. The second-order valence-corrected chi connectivity index (χ2v) is 7.69. The van der Waals surface area contributed by atoms with Gasteiger partial charge in [-0.05, 0) is 51.0 Å². The number of ether oxygens (including phenoxy) is 1. The van der Waals surface area contributed by atoms with Crippen molar-refractivity contribution >= 4 is 18.0 Å². The molecule has 2 amide bonds. The summed E-state index contributed by atoms with van der Waals surface area (Å²) < 4.78 is 5.27. The van der Waals surface area contributed by atoms with Gasteiger partial charge in [0.1, 0.15) is 17.2 Å². The van der Waals surface area contributed by atoms with E-state index in [0.717, 1.165) is 11.1 Å². The third kappa shape index (κ3) is 4.76. The molecule has 0 saturated heterocycles. The van der Waals surface area contributed by atoms with Crippen molar-refractivity contribution in [3.05, 3.63) is 34.9 Å². The van der Waals surface area contributed by atoms with Gasteiger partial charge in [0.05, 0.1) is 11.6 Å². The van der Waals surface area contributed by atoms with E-state index >= 15 is 0 Å². The molecule has 1 aliphatic rings. The van der Waals surface area contributed by atoms with E-state index in [1.54, 1.807) is 39.0 Å². The molecule has 3 N–H and O–H groups in total. The lowest BCUT2D eigenvalue weighted by atomic mass is 9.94. The lowest BCUT2D eigenvalue weighted by molar-refractivity contribution is -0.142. The molecule has 1 aliphatic carbocycles. The zero-order valence-corrected chi connectivity index (χ0v) is 15.8. The molecule has 8 heteroatoms. The number of aliphatic carboxylic acids is 1. The number of nitrogens with zero attached hydrogens (tertiary/aromatic N) is 1. The number of amides is 2. The van der Waals surface area contributed by atoms with Gasteiger partial charge in [0, 0.05) is 12.8 Å². The summed E-state index contributed by atoms with van der Waals surface area (Å²) in [7, 11) is 0. The number of carboxylic acid groups (broad SMARTS) is 1. The molecule has 0 radical (unpaired) electrons. The lowest BCUT2D eigenvalue weighted by Gasteiger charge is -2.31. The van der Waals surface area contributed by atoms with Crippen molar-refractivity contribution < 1.29 is 24.2 Å². The largest absolute Gasteiger partial charge is 0.480 e. The molecule has 0 bridgehead atoms. The second kappa shape index (κ2) is 7.27. The first kappa shape index (κ1) is 20.2. The summed E-state index contributed by atoms with van der Waals surface area (Å²) in [4.78, 5) is 36.3. The van der Waals surface area contributed by atoms with Crippen molar-refractivity contribution in [1.82, 2.24) is 10.6 Å². The van der Waals surface area contributed by atoms with E-state index in [-0.39, 0.29) is 12.8 Å². The van der Waals surface area contributed by atoms with E-state index in [0.29, 0.717) is 5.56 Å². The molecule has 1 aromatic carbocycles. The number of fused-ring (bicyclic) bond motifs is 1. The summed E-state index contributed by atoms with van der Waals surface area (Å²) >= 11 is 0. The molecule has 1 aromatic rings. The summed E-state index contributed by atoms with van der Waals surface area (Å²) in [6.07, 6.45) is -0.463. The zero-order valence-electron chi connectivity index (χ0n) is 15.8. The van der Waals surface area contributed by atoms with Gasteiger partial charge in [-0.15, -0.1) is 0 Å². The minimum Gasteiger partial charge on any atom is -0.480 e. The molecular weight excluding hydrogens is 350 g/mol. The van der Waals surface area contributed by atoms with Crippen LogP contribution in [0, 0.1) is 11.3 Å². The van der Waals surface area contributed by atoms with Crippen LogP contribution in [0.25, 0.3) is 0 Å². The summed E-state index contributed by atoms with van der Waals surface area (Å²) in [6.45, 7) is 6.45. The standard InChI is InChI=1S/C19H23N3O5/c1-11(15(23)24)21-16(25)19(22-17(26)27-18(2,3)4)8-13-6-5-12(10-20)7-14(13)9-19/h5-7,11H,8-9H2,1-4H3,(H,21,25)(H,22,26)(H,23,24)/t11-,19+/m0/s1. The number of hydrogen-bond acceptors (Lipinski definition) is 5. The molecule has 0 aliphatic heterocycles. The van der Waals surface area contributed by atoms with Crippen LogP contribution in [-0.4, -0.2) is 40.3 Å². The highest BCUT2D eigenvalue weighted by Gasteiger charge is 2.46. The minimum atomic E-state index is -1.39. The Hall–Kier alpha value is -3.08. The van der Waals surface area contributed by atoms with Gasteiger partial charge in [-0.1, -0.05) is 6.07 Å². The summed E-state index contributed by atoms with van der Waals surface area (Å²) in [5, 5.41) is 23.2. The molecule has 144 valence electrons. The molecule has 2 atom stereocenters. The Morgan fingerprint density at radius 3 is 2.44 bits per heavy atom. The van der Waals surface area contributed by atoms with Crippen LogP contribution in [-0.2, 0) is 27.2 Å². The van der Waals surface area contributed by atoms with Gasteiger partial charge in [0.2, 0.25) is 5.91 Å². The number of nitriles is 1. The average Bonchev–Trinajstić information content (AvgIpc) is 2.90. The summed E-state index contributed by atoms with van der Waals surface area (Å²) in [5.74, 6) is -1.80. The Balaban J connectivity index is 2.33. The Kier molecular flexibility index (Phi) is 5.45. The maximum atomic E-state index is 12.9. The Morgan fingerprint density at radius 1 is 1.26 bits per heavy atom. The topological polar surface area (TPSA) is 129 Å². The molecule has 0 aromatic heterocycles. The van der Waals surface area contributed by atoms with E-state index < -0.39 is 35.2 Å². The number of nitrogens with one attached hydrogen (secondary N) is 2. The van der Waals surface area contributed by atoms with Crippen molar-refractivity contribution in [2.45, 2.75) is 57.7 Å². The normalized spacial score (nSPS) is 19.4. The van der Waals surface area contributed by atoms with Gasteiger partial charge >= 0.3 is 12.1 Å². The van der Waals surface area contributed by atoms with E-state index in [2.05, 4.69) is 10.6 Å². The van der Waals surface area contributed by atoms with Crippen molar-refractivity contribution in [1.29, 1.82) is 5.26 Å². The SMILES string of the molecule is C[C@H](NC(=O)[C@@]1(NC(=O)OC(C)(C)C)Cc2ccc(C#N)cc2C1)C(=O)O. The third-order valence-electron chi connectivity index (χ3n) is 4.21. The first-order chi connectivity index (χ1) is 12.5. The predicted molar refractivity (Wildman–Crippen MR) is 95.9 cm³/mol. The van der Waals surface area contributed by atoms with Gasteiger partial charge in [0.15, 0.2) is 0 Å². The van der Waals surface area contributed by atoms with Crippen LogP contribution in [0.4, 0.5) is 4.79 Å². The van der Waals surface area contributed by atoms with Crippen molar-refractivity contribution in [3.63, 3.8) is 0 Å². The predicted octanol–water partition coefficient (Wildman–Crippen LogP) is 1.51. The first-order valence-corrected chi connectivity index (χ1v) is 8.52. The van der Waals surface area contributed by atoms with Gasteiger partial charge in [-0.2, -0.15) is 5.26 Å². The highest BCUT2D eigenvalue weighted by molar-refractivity contribution is 5.94. The fourth-order valence-corrected chi connectivity index (χ4v) is 2.95. The maximum Gasteiger partial charge on any atom is 0.408 e. The molecule has 2 rings (SSSR count). The molecule has 0 heterocycles. The van der Waals surface area contributed by atoms with Gasteiger partial charge in [0.25, 0.3) is 0 Å². The van der Waals surface area contributed by atoms with E-state index in [1.165, 1.54) is 6.92 Å². The highest BCUT2D eigenvalue weighted by atomic mass is 16.6. The van der Waals surface area contributed by atoms with Crippen molar-refractivity contribution in [3.8, 4) is 6.07 Å². The van der Waals surface area contributed by atoms with Crippen molar-refractivity contribution in [2.24, 2.45) is 0 Å². The number of carbonyl (C=O) groups excluding carboxylic acids is 2. The number of hydrogen-bond donors (Lipinski definition) is 3. The first-order valence-electron chi connectivity index (χ1n) is 8.52. The van der Waals surface area contributed by atoms with Crippen LogP contribution in [0.2, 0.25) is 0 Å². The summed E-state index contributed by atoms with van der Waals surface area (Å²) in [5.41, 5.74) is -0.134. The second-order valence-electron chi connectivity index (χ2n) is 7.69. The van der Waals surface area contributed by atoms with E-state index in [9.17, 15) is 14.4 Å². The smallest absolute Gasteiger partial charge is 0.408 e. The maximum absolute atomic E-state index is 12.9. The number of rotatable bonds is 4. The minimum absolute atomic E-state index is 0.134. The quantitative estimate of drug-likeness (QED) is 0.734. The molecule has 0 spiro atoms. The van der Waals surface area contributed by atoms with Crippen LogP contribution in [0.3, 0.4) is 0 Å². The molecule has 27 heavy (non-hydrogen) atoms. The van der Waals surface area contributed by atoms with Gasteiger partial charge in [-0.3, -0.25) is 9.59 Å². The molecule has 0 saturated carbocycles. The molecule has 0 unspecified atom stereocenters. The molecule has 0 fully saturated rings. The van der Waals surface area contributed by atoms with E-state index in [4.69, 9.17) is 15.1 Å². The van der Waals surface area contributed by atoms with Gasteiger partial charge in [-0.25, -0.2) is 4.79 Å². The number of carboxylic acids is 1. The van der Waals surface area contributed by atoms with Crippen molar-refractivity contribution in [2.75, 3.05) is 0 Å².